The van der Waals surface area contributed by atoms with Crippen molar-refractivity contribution in [3.05, 3.63) is 78.1 Å². The molecule has 8 nitrogen and oxygen atoms in total. The highest BCUT2D eigenvalue weighted by atomic mass is 32.2. The third-order valence-electron chi connectivity index (χ3n) is 4.70. The monoisotopic (exact) mass is 475 g/mol. The molecule has 0 fully saturated rings. The minimum Gasteiger partial charge on any atom is -0.493 e. The van der Waals surface area contributed by atoms with Gasteiger partial charge in [0.05, 0.1) is 25.4 Å². The van der Waals surface area contributed by atoms with Gasteiger partial charge in [0.15, 0.2) is 11.5 Å². The van der Waals surface area contributed by atoms with Crippen LogP contribution in [0.15, 0.2) is 66.3 Å². The summed E-state index contributed by atoms with van der Waals surface area (Å²) in [5.74, 6) is 1.12. The van der Waals surface area contributed by atoms with Gasteiger partial charge in [-0.3, -0.25) is 0 Å². The first-order valence-corrected chi connectivity index (χ1v) is 11.7. The van der Waals surface area contributed by atoms with Crippen molar-refractivity contribution in [3.8, 4) is 11.5 Å². The second-order valence-electron chi connectivity index (χ2n) is 6.96. The highest BCUT2D eigenvalue weighted by Gasteiger charge is 2.15. The van der Waals surface area contributed by atoms with E-state index in [-0.39, 0.29) is 18.0 Å². The second-order valence-corrected chi connectivity index (χ2v) is 8.72. The van der Waals surface area contributed by atoms with Crippen molar-refractivity contribution in [2.75, 3.05) is 27.4 Å². The lowest BCUT2D eigenvalue weighted by molar-refractivity contribution is 0.0946. The third-order valence-corrected chi connectivity index (χ3v) is 6.18. The van der Waals surface area contributed by atoms with Crippen LogP contribution >= 0.6 is 0 Å². The smallest absolute Gasteiger partial charge is 0.493 e. The number of ether oxygens (including phenoxy) is 4. The van der Waals surface area contributed by atoms with Crippen molar-refractivity contribution in [2.24, 2.45) is 0 Å². The van der Waals surface area contributed by atoms with Crippen molar-refractivity contribution < 1.29 is 32.2 Å². The van der Waals surface area contributed by atoms with E-state index in [1.165, 1.54) is 0 Å². The van der Waals surface area contributed by atoms with E-state index in [0.717, 1.165) is 23.0 Å². The van der Waals surface area contributed by atoms with E-state index in [9.17, 15) is 13.2 Å². The molecule has 33 heavy (non-hydrogen) atoms. The van der Waals surface area contributed by atoms with Gasteiger partial charge in [0.2, 0.25) is 10.0 Å². The summed E-state index contributed by atoms with van der Waals surface area (Å²) in [6, 6.07) is 10.4. The molecule has 9 heteroatoms. The van der Waals surface area contributed by atoms with Crippen LogP contribution in [0.2, 0.25) is 0 Å². The fraction of sp³-hybridized carbons (Fsp3) is 0.292. The Hall–Kier alpha value is -3.30. The fourth-order valence-corrected chi connectivity index (χ4v) is 4.04. The predicted molar refractivity (Wildman–Crippen MR) is 125 cm³/mol. The molecule has 0 aromatic heterocycles. The lowest BCUT2D eigenvalue weighted by Gasteiger charge is -2.15. The van der Waals surface area contributed by atoms with Crippen molar-refractivity contribution >= 4 is 16.2 Å². The van der Waals surface area contributed by atoms with Crippen LogP contribution in [0.4, 0.5) is 4.79 Å². The molecule has 0 saturated carbocycles. The highest BCUT2D eigenvalue weighted by molar-refractivity contribution is 7.89. The molecule has 0 amide bonds. The first kappa shape index (κ1) is 26.0. The van der Waals surface area contributed by atoms with E-state index in [0.29, 0.717) is 24.3 Å². The van der Waals surface area contributed by atoms with Gasteiger partial charge in [0, 0.05) is 6.54 Å². The molecule has 0 saturated heterocycles. The lowest BCUT2D eigenvalue weighted by atomic mass is 10.0. The van der Waals surface area contributed by atoms with Gasteiger partial charge in [-0.05, 0) is 55.2 Å². The van der Waals surface area contributed by atoms with Gasteiger partial charge in [0.25, 0.3) is 0 Å². The zero-order valence-electron chi connectivity index (χ0n) is 19.0. The number of nitrogens with one attached hydrogen (secondary N) is 1. The van der Waals surface area contributed by atoms with Crippen molar-refractivity contribution in [1.82, 2.24) is 4.72 Å². The van der Waals surface area contributed by atoms with Crippen LogP contribution in [0.25, 0.3) is 0 Å². The van der Waals surface area contributed by atoms with Crippen LogP contribution in [-0.4, -0.2) is 41.9 Å². The lowest BCUT2D eigenvalue weighted by Crippen LogP contribution is -2.26. The van der Waals surface area contributed by atoms with Gasteiger partial charge in [-0.15, -0.1) is 0 Å². The molecule has 178 valence electrons. The average Bonchev–Trinajstić information content (AvgIpc) is 2.79. The molecule has 0 unspecified atom stereocenters. The van der Waals surface area contributed by atoms with Crippen LogP contribution in [0.5, 0.6) is 11.5 Å². The summed E-state index contributed by atoms with van der Waals surface area (Å²) in [6.45, 7) is 5.43. The maximum atomic E-state index is 12.6. The molecule has 2 aromatic rings. The molecule has 0 aliphatic rings. The van der Waals surface area contributed by atoms with Crippen molar-refractivity contribution in [1.29, 1.82) is 0 Å². The maximum absolute atomic E-state index is 12.6. The Kier molecular flexibility index (Phi) is 9.96. The molecule has 0 heterocycles. The Morgan fingerprint density at radius 2 is 1.67 bits per heavy atom. The number of benzene rings is 2. The molecular weight excluding hydrogens is 446 g/mol. The predicted octanol–water partition coefficient (Wildman–Crippen LogP) is 3.93. The van der Waals surface area contributed by atoms with Gasteiger partial charge in [-0.2, -0.15) is 0 Å². The molecule has 0 atom stereocenters. The molecular formula is C24H29NO7S. The van der Waals surface area contributed by atoms with Gasteiger partial charge < -0.3 is 18.9 Å². The first-order chi connectivity index (χ1) is 15.8. The quantitative estimate of drug-likeness (QED) is 0.282. The number of carbonyl (C=O) groups is 1. The maximum Gasteiger partial charge on any atom is 0.513 e. The number of allylic oxidation sites excluding steroid dienone is 1. The van der Waals surface area contributed by atoms with Crippen LogP contribution in [0, 0.1) is 6.92 Å². The van der Waals surface area contributed by atoms with Crippen LogP contribution < -0.4 is 14.2 Å². The Balaban J connectivity index is 2.09. The second kappa shape index (κ2) is 12.7. The number of carbonyl (C=O) groups excluding carboxylic acids is 1. The van der Waals surface area contributed by atoms with Gasteiger partial charge >= 0.3 is 6.16 Å². The fourth-order valence-electron chi connectivity index (χ4n) is 3.00. The van der Waals surface area contributed by atoms with E-state index in [2.05, 4.69) is 16.0 Å². The Morgan fingerprint density at radius 1 is 1.03 bits per heavy atom. The molecule has 0 aliphatic carbocycles. The normalized spacial score (nSPS) is 11.2. The minimum absolute atomic E-state index is 0.0473. The molecule has 1 N–H and O–H groups in total. The van der Waals surface area contributed by atoms with Crippen LogP contribution in [0.1, 0.15) is 16.7 Å². The molecule has 2 aromatic carbocycles. The van der Waals surface area contributed by atoms with E-state index in [1.807, 2.05) is 25.1 Å². The summed E-state index contributed by atoms with van der Waals surface area (Å²) in [5, 5.41) is 0. The largest absolute Gasteiger partial charge is 0.513 e. The van der Waals surface area contributed by atoms with Gasteiger partial charge in [-0.25, -0.2) is 17.9 Å². The number of methoxy groups -OCH3 is 2. The summed E-state index contributed by atoms with van der Waals surface area (Å²) in [6.07, 6.45) is 4.64. The number of hydrogen-bond donors (Lipinski definition) is 1. The minimum atomic E-state index is -3.61. The van der Waals surface area contributed by atoms with Crippen molar-refractivity contribution in [2.45, 2.75) is 24.7 Å². The topological polar surface area (TPSA) is 100 Å². The summed E-state index contributed by atoms with van der Waals surface area (Å²) in [7, 11) is -0.523. The Bertz CT molecular complexity index is 1080. The van der Waals surface area contributed by atoms with E-state index < -0.39 is 16.2 Å². The summed E-state index contributed by atoms with van der Waals surface area (Å²) in [4.78, 5) is 11.4. The van der Waals surface area contributed by atoms with E-state index in [1.54, 1.807) is 44.6 Å². The summed E-state index contributed by atoms with van der Waals surface area (Å²) in [5.41, 5.74) is 2.81. The average molecular weight is 476 g/mol. The van der Waals surface area contributed by atoms with E-state index >= 15 is 0 Å². The zero-order chi connectivity index (χ0) is 24.3. The number of aryl methyl sites for hydroxylation is 1. The number of sulfonamides is 1. The highest BCUT2D eigenvalue weighted by Crippen LogP contribution is 2.31. The Labute approximate surface area is 194 Å². The van der Waals surface area contributed by atoms with Crippen LogP contribution in [0.3, 0.4) is 0 Å². The van der Waals surface area contributed by atoms with E-state index in [4.69, 9.17) is 14.2 Å². The SMILES string of the molecule is C=COC(=O)OC/C=C\Cc1cc(OC)c(OC)cc1CCNS(=O)(=O)c1ccc(C)cc1. The molecule has 0 spiro atoms. The summed E-state index contributed by atoms with van der Waals surface area (Å²) < 4.78 is 47.9. The van der Waals surface area contributed by atoms with Gasteiger partial charge in [-0.1, -0.05) is 36.4 Å². The molecule has 0 aliphatic heterocycles. The number of hydrogen-bond acceptors (Lipinski definition) is 7. The molecule has 0 radical (unpaired) electrons. The van der Waals surface area contributed by atoms with Gasteiger partial charge in [0.1, 0.15) is 6.61 Å². The molecule has 2 rings (SSSR count). The van der Waals surface area contributed by atoms with Crippen LogP contribution in [-0.2, 0) is 32.3 Å². The standard InChI is InChI=1S/C24H29NO7S/c1-5-31-24(26)32-15-7-6-8-19-16-22(29-3)23(30-4)17-20(19)13-14-25-33(27,28)21-11-9-18(2)10-12-21/h5-7,9-12,16-17,25H,1,8,13-15H2,2-4H3/b7-6-. The first-order valence-electron chi connectivity index (χ1n) is 10.2. The Morgan fingerprint density at radius 3 is 2.27 bits per heavy atom. The third kappa shape index (κ3) is 7.96. The molecule has 0 bridgehead atoms. The number of rotatable bonds is 12. The van der Waals surface area contributed by atoms with Crippen molar-refractivity contribution in [3.63, 3.8) is 0 Å². The summed E-state index contributed by atoms with van der Waals surface area (Å²) >= 11 is 0. The zero-order valence-corrected chi connectivity index (χ0v) is 19.8.